The van der Waals surface area contributed by atoms with E-state index in [1.165, 1.54) is 23.6 Å². The van der Waals surface area contributed by atoms with Crippen LogP contribution in [0.2, 0.25) is 10.0 Å². The highest BCUT2D eigenvalue weighted by molar-refractivity contribution is 8.15. The molecular weight excluding hydrogens is 433 g/mol. The van der Waals surface area contributed by atoms with E-state index in [0.29, 0.717) is 32.2 Å². The second-order valence-electron chi connectivity index (χ2n) is 6.39. The number of rotatable bonds is 5. The van der Waals surface area contributed by atoms with Gasteiger partial charge >= 0.3 is 0 Å². The van der Waals surface area contributed by atoms with Gasteiger partial charge in [-0.15, -0.1) is 0 Å². The molecule has 0 radical (unpaired) electrons. The Balaban J connectivity index is 1.68. The fourth-order valence-electron chi connectivity index (χ4n) is 2.66. The van der Waals surface area contributed by atoms with E-state index in [2.05, 4.69) is 10.3 Å². The standard InChI is InChI=1S/C20H17Cl2N3O3S/c1-11(26)12-4-3-5-13(8-12)23-18(27)10-17-19(28)25(2)20(29-17)24-14-6-7-15(21)16(22)9-14/h3-9,17H,10H2,1-2H3,(H,23,27). The Hall–Kier alpha value is -2.35. The molecule has 3 rings (SSSR count). The van der Waals surface area contributed by atoms with Crippen molar-refractivity contribution in [3.05, 3.63) is 58.1 Å². The number of Topliss-reactive ketones (excluding diaryl/α,β-unsaturated/α-hetero) is 1. The molecule has 2 aromatic rings. The molecule has 0 bridgehead atoms. The van der Waals surface area contributed by atoms with Crippen LogP contribution in [-0.4, -0.2) is 40.0 Å². The number of hydrogen-bond acceptors (Lipinski definition) is 5. The molecule has 0 aromatic heterocycles. The summed E-state index contributed by atoms with van der Waals surface area (Å²) in [5.74, 6) is -0.616. The smallest absolute Gasteiger partial charge is 0.242 e. The lowest BCUT2D eigenvalue weighted by Gasteiger charge is -2.10. The minimum atomic E-state index is -0.586. The monoisotopic (exact) mass is 449 g/mol. The van der Waals surface area contributed by atoms with Gasteiger partial charge in [0, 0.05) is 24.7 Å². The van der Waals surface area contributed by atoms with Crippen LogP contribution in [0.1, 0.15) is 23.7 Å². The van der Waals surface area contributed by atoms with Gasteiger partial charge in [-0.2, -0.15) is 0 Å². The number of ketones is 1. The third kappa shape index (κ3) is 5.18. The Labute approximate surface area is 182 Å². The number of carbonyl (C=O) groups is 3. The first kappa shape index (κ1) is 21.4. The number of amidine groups is 1. The molecule has 2 amide bonds. The van der Waals surface area contributed by atoms with Crippen molar-refractivity contribution in [3.63, 3.8) is 0 Å². The van der Waals surface area contributed by atoms with Gasteiger partial charge in [-0.05, 0) is 37.3 Å². The van der Waals surface area contributed by atoms with Crippen molar-refractivity contribution in [1.82, 2.24) is 4.90 Å². The number of thioether (sulfide) groups is 1. The van der Waals surface area contributed by atoms with E-state index in [9.17, 15) is 14.4 Å². The van der Waals surface area contributed by atoms with E-state index in [1.807, 2.05) is 0 Å². The van der Waals surface area contributed by atoms with Gasteiger partial charge in [-0.3, -0.25) is 19.3 Å². The van der Waals surface area contributed by atoms with E-state index in [4.69, 9.17) is 23.2 Å². The number of anilines is 1. The number of halogens is 2. The molecule has 1 fully saturated rings. The SMILES string of the molecule is CC(=O)c1cccc(NC(=O)CC2SC(=Nc3ccc(Cl)c(Cl)c3)N(C)C2=O)c1. The van der Waals surface area contributed by atoms with Gasteiger partial charge in [0.2, 0.25) is 11.8 Å². The van der Waals surface area contributed by atoms with Gasteiger partial charge in [0.05, 0.1) is 15.7 Å². The maximum Gasteiger partial charge on any atom is 0.242 e. The number of aliphatic imine (C=N–C) groups is 1. The summed E-state index contributed by atoms with van der Waals surface area (Å²) in [5, 5.41) is 3.41. The summed E-state index contributed by atoms with van der Waals surface area (Å²) in [6.45, 7) is 1.46. The predicted molar refractivity (Wildman–Crippen MR) is 117 cm³/mol. The third-order valence-corrected chi connectivity index (χ3v) is 6.16. The van der Waals surface area contributed by atoms with Crippen LogP contribution in [0.15, 0.2) is 47.5 Å². The van der Waals surface area contributed by atoms with Crippen molar-refractivity contribution in [2.45, 2.75) is 18.6 Å². The molecule has 1 atom stereocenters. The molecule has 0 aliphatic carbocycles. The van der Waals surface area contributed by atoms with Crippen LogP contribution in [0.5, 0.6) is 0 Å². The molecule has 1 N–H and O–H groups in total. The fourth-order valence-corrected chi connectivity index (χ4v) is 4.11. The van der Waals surface area contributed by atoms with Crippen LogP contribution in [0.3, 0.4) is 0 Å². The van der Waals surface area contributed by atoms with Gasteiger partial charge in [-0.1, -0.05) is 47.1 Å². The molecule has 9 heteroatoms. The largest absolute Gasteiger partial charge is 0.326 e. The van der Waals surface area contributed by atoms with E-state index >= 15 is 0 Å². The molecule has 6 nitrogen and oxygen atoms in total. The summed E-state index contributed by atoms with van der Waals surface area (Å²) in [5.41, 5.74) is 1.58. The van der Waals surface area contributed by atoms with Crippen LogP contribution in [-0.2, 0) is 9.59 Å². The van der Waals surface area contributed by atoms with Crippen molar-refractivity contribution in [1.29, 1.82) is 0 Å². The first-order valence-electron chi connectivity index (χ1n) is 8.63. The lowest BCUT2D eigenvalue weighted by molar-refractivity contribution is -0.127. The summed E-state index contributed by atoms with van der Waals surface area (Å²) in [4.78, 5) is 42.2. The highest BCUT2D eigenvalue weighted by atomic mass is 35.5. The Bertz CT molecular complexity index is 1030. The van der Waals surface area contributed by atoms with Crippen molar-refractivity contribution in [2.24, 2.45) is 4.99 Å². The number of carbonyl (C=O) groups excluding carboxylic acids is 3. The molecule has 2 aromatic carbocycles. The Morgan fingerprint density at radius 1 is 1.17 bits per heavy atom. The molecule has 0 spiro atoms. The van der Waals surface area contributed by atoms with E-state index in [-0.39, 0.29) is 24.0 Å². The van der Waals surface area contributed by atoms with Crippen molar-refractivity contribution < 1.29 is 14.4 Å². The number of nitrogens with zero attached hydrogens (tertiary/aromatic N) is 2. The van der Waals surface area contributed by atoms with Crippen molar-refractivity contribution >= 4 is 69.1 Å². The maximum absolute atomic E-state index is 12.5. The van der Waals surface area contributed by atoms with E-state index in [0.717, 1.165) is 0 Å². The van der Waals surface area contributed by atoms with E-state index in [1.54, 1.807) is 49.5 Å². The molecule has 1 saturated heterocycles. The number of nitrogens with one attached hydrogen (secondary N) is 1. The van der Waals surface area contributed by atoms with Gasteiger partial charge in [0.25, 0.3) is 0 Å². The van der Waals surface area contributed by atoms with Gasteiger partial charge in [0.1, 0.15) is 5.25 Å². The average molecular weight is 450 g/mol. The average Bonchev–Trinajstić information content (AvgIpc) is 2.92. The second kappa shape index (κ2) is 8.98. The third-order valence-electron chi connectivity index (χ3n) is 4.19. The van der Waals surface area contributed by atoms with Gasteiger partial charge in [0.15, 0.2) is 11.0 Å². The molecule has 1 aliphatic heterocycles. The van der Waals surface area contributed by atoms with Crippen LogP contribution in [0, 0.1) is 0 Å². The molecule has 150 valence electrons. The molecule has 1 aliphatic rings. The summed E-state index contributed by atoms with van der Waals surface area (Å²) in [6.07, 6.45) is -0.0153. The minimum absolute atomic E-state index is 0.0153. The Kier molecular flexibility index (Phi) is 6.62. The molecule has 29 heavy (non-hydrogen) atoms. The summed E-state index contributed by atoms with van der Waals surface area (Å²) >= 11 is 13.1. The number of amides is 2. The summed E-state index contributed by atoms with van der Waals surface area (Å²) in [6, 6.07) is 11.6. The molecule has 1 heterocycles. The first-order valence-corrected chi connectivity index (χ1v) is 10.3. The first-order chi connectivity index (χ1) is 13.7. The van der Waals surface area contributed by atoms with E-state index < -0.39 is 5.25 Å². The Morgan fingerprint density at radius 2 is 1.93 bits per heavy atom. The van der Waals surface area contributed by atoms with Gasteiger partial charge < -0.3 is 5.32 Å². The lowest BCUT2D eigenvalue weighted by Crippen LogP contribution is -2.30. The molecular formula is C20H17Cl2N3O3S. The quantitative estimate of drug-likeness (QED) is 0.665. The highest BCUT2D eigenvalue weighted by Crippen LogP contribution is 2.32. The van der Waals surface area contributed by atoms with Gasteiger partial charge in [-0.25, -0.2) is 4.99 Å². The van der Waals surface area contributed by atoms with Crippen LogP contribution >= 0.6 is 35.0 Å². The number of benzene rings is 2. The minimum Gasteiger partial charge on any atom is -0.326 e. The maximum atomic E-state index is 12.5. The van der Waals surface area contributed by atoms with Crippen molar-refractivity contribution in [2.75, 3.05) is 12.4 Å². The summed E-state index contributed by atoms with van der Waals surface area (Å²) in [7, 11) is 1.61. The predicted octanol–water partition coefficient (Wildman–Crippen LogP) is 4.79. The van der Waals surface area contributed by atoms with Crippen LogP contribution in [0.4, 0.5) is 11.4 Å². The zero-order chi connectivity index (χ0) is 21.1. The molecule has 0 saturated carbocycles. The normalized spacial score (nSPS) is 17.7. The highest BCUT2D eigenvalue weighted by Gasteiger charge is 2.37. The fraction of sp³-hybridized carbons (Fsp3) is 0.200. The van der Waals surface area contributed by atoms with Crippen molar-refractivity contribution in [3.8, 4) is 0 Å². The number of hydrogen-bond donors (Lipinski definition) is 1. The Morgan fingerprint density at radius 3 is 2.62 bits per heavy atom. The lowest BCUT2D eigenvalue weighted by atomic mass is 10.1. The van der Waals surface area contributed by atoms with Crippen LogP contribution in [0.25, 0.3) is 0 Å². The second-order valence-corrected chi connectivity index (χ2v) is 8.37. The van der Waals surface area contributed by atoms with Crippen LogP contribution < -0.4 is 5.32 Å². The zero-order valence-corrected chi connectivity index (χ0v) is 17.9. The topological polar surface area (TPSA) is 78.8 Å². The molecule has 1 unspecified atom stereocenters. The summed E-state index contributed by atoms with van der Waals surface area (Å²) < 4.78 is 0. The zero-order valence-electron chi connectivity index (χ0n) is 15.6.